The maximum Gasteiger partial charge on any atom is 0.411 e. The molecule has 1 aliphatic rings. The van der Waals surface area contributed by atoms with Crippen LogP contribution in [-0.2, 0) is 11.2 Å². The van der Waals surface area contributed by atoms with Gasteiger partial charge in [0.05, 0.1) is 6.42 Å². The van der Waals surface area contributed by atoms with Crippen LogP contribution >= 0.6 is 0 Å². The number of benzene rings is 1. The van der Waals surface area contributed by atoms with Gasteiger partial charge in [-0.05, 0) is 18.4 Å². The van der Waals surface area contributed by atoms with E-state index in [1.807, 2.05) is 0 Å². The van der Waals surface area contributed by atoms with Crippen LogP contribution in [0.5, 0.6) is 0 Å². The maximum absolute atomic E-state index is 12.6. The van der Waals surface area contributed by atoms with E-state index in [4.69, 9.17) is 0 Å². The first-order valence-electron chi connectivity index (χ1n) is 5.35. The maximum atomic E-state index is 12.6. The molecule has 0 aromatic heterocycles. The molecule has 2 nitrogen and oxygen atoms in total. The second-order valence-electron chi connectivity index (χ2n) is 4.29. The van der Waals surface area contributed by atoms with E-state index in [0.717, 1.165) is 0 Å². The fourth-order valence-electron chi connectivity index (χ4n) is 1.70. The van der Waals surface area contributed by atoms with E-state index in [-0.39, 0.29) is 19.3 Å². The Morgan fingerprint density at radius 2 is 1.82 bits per heavy atom. The zero-order valence-electron chi connectivity index (χ0n) is 9.05. The van der Waals surface area contributed by atoms with Gasteiger partial charge in [0.15, 0.2) is 0 Å². The van der Waals surface area contributed by atoms with Gasteiger partial charge >= 0.3 is 6.18 Å². The highest BCUT2D eigenvalue weighted by atomic mass is 19.4. The van der Waals surface area contributed by atoms with Crippen LogP contribution in [-0.4, -0.2) is 17.6 Å². The molecule has 92 valence electrons. The van der Waals surface area contributed by atoms with Crippen molar-refractivity contribution in [1.29, 1.82) is 0 Å². The lowest BCUT2D eigenvalue weighted by atomic mass is 10.1. The SMILES string of the molecule is O=C(Cc1ccccc1)NC1(C(F)(F)F)CC1. The first kappa shape index (κ1) is 12.0. The van der Waals surface area contributed by atoms with E-state index in [2.05, 4.69) is 5.32 Å². The quantitative estimate of drug-likeness (QED) is 0.868. The normalized spacial score (nSPS) is 17.6. The third-order valence-electron chi connectivity index (χ3n) is 2.88. The second kappa shape index (κ2) is 4.05. The summed E-state index contributed by atoms with van der Waals surface area (Å²) in [4.78, 5) is 11.5. The molecule has 0 radical (unpaired) electrons. The minimum absolute atomic E-state index is 0.0152. The molecule has 1 N–H and O–H groups in total. The van der Waals surface area contributed by atoms with Gasteiger partial charge in [0.25, 0.3) is 0 Å². The van der Waals surface area contributed by atoms with E-state index >= 15 is 0 Å². The van der Waals surface area contributed by atoms with Gasteiger partial charge in [0, 0.05) is 0 Å². The van der Waals surface area contributed by atoms with Gasteiger partial charge in [-0.3, -0.25) is 4.79 Å². The highest BCUT2D eigenvalue weighted by Crippen LogP contribution is 2.48. The smallest absolute Gasteiger partial charge is 0.342 e. The molecule has 1 amide bonds. The van der Waals surface area contributed by atoms with E-state index in [9.17, 15) is 18.0 Å². The highest BCUT2D eigenvalue weighted by molar-refractivity contribution is 5.79. The summed E-state index contributed by atoms with van der Waals surface area (Å²) in [6, 6.07) is 8.72. The molecule has 1 aliphatic carbocycles. The van der Waals surface area contributed by atoms with Crippen molar-refractivity contribution < 1.29 is 18.0 Å². The summed E-state index contributed by atoms with van der Waals surface area (Å²) in [5.41, 5.74) is -1.25. The molecule has 1 saturated carbocycles. The molecular weight excluding hydrogens is 231 g/mol. The molecule has 1 fully saturated rings. The van der Waals surface area contributed by atoms with Crippen LogP contribution < -0.4 is 5.32 Å². The van der Waals surface area contributed by atoms with Crippen LogP contribution in [0.3, 0.4) is 0 Å². The minimum atomic E-state index is -4.35. The van der Waals surface area contributed by atoms with Crippen LogP contribution in [0.2, 0.25) is 0 Å². The van der Waals surface area contributed by atoms with Crippen molar-refractivity contribution in [1.82, 2.24) is 5.32 Å². The molecule has 0 atom stereocenters. The fourth-order valence-corrected chi connectivity index (χ4v) is 1.70. The number of amides is 1. The fraction of sp³-hybridized carbons (Fsp3) is 0.417. The van der Waals surface area contributed by atoms with Crippen molar-refractivity contribution in [3.8, 4) is 0 Å². The molecule has 0 saturated heterocycles. The number of rotatable bonds is 3. The van der Waals surface area contributed by atoms with Crippen LogP contribution in [0.4, 0.5) is 13.2 Å². The molecular formula is C12H12F3NO. The summed E-state index contributed by atoms with van der Waals surface area (Å²) >= 11 is 0. The molecule has 0 unspecified atom stereocenters. The monoisotopic (exact) mass is 243 g/mol. The van der Waals surface area contributed by atoms with Crippen molar-refractivity contribution in [2.24, 2.45) is 0 Å². The molecule has 0 spiro atoms. The number of carbonyl (C=O) groups is 1. The van der Waals surface area contributed by atoms with Crippen molar-refractivity contribution in [3.05, 3.63) is 35.9 Å². The number of alkyl halides is 3. The molecule has 0 bridgehead atoms. The molecule has 1 aromatic carbocycles. The lowest BCUT2D eigenvalue weighted by molar-refractivity contribution is -0.170. The Bertz CT molecular complexity index is 410. The number of hydrogen-bond acceptors (Lipinski definition) is 1. The van der Waals surface area contributed by atoms with Gasteiger partial charge in [-0.15, -0.1) is 0 Å². The van der Waals surface area contributed by atoms with Crippen molar-refractivity contribution in [2.75, 3.05) is 0 Å². The Morgan fingerprint density at radius 3 is 2.29 bits per heavy atom. The molecule has 1 aromatic rings. The Morgan fingerprint density at radius 1 is 1.24 bits per heavy atom. The Kier molecular flexibility index (Phi) is 2.85. The van der Waals surface area contributed by atoms with E-state index < -0.39 is 17.6 Å². The molecule has 0 aliphatic heterocycles. The number of carbonyl (C=O) groups excluding carboxylic acids is 1. The van der Waals surface area contributed by atoms with Crippen LogP contribution in [0.15, 0.2) is 30.3 Å². The van der Waals surface area contributed by atoms with Gasteiger partial charge in [-0.2, -0.15) is 13.2 Å². The van der Waals surface area contributed by atoms with Gasteiger partial charge in [0.2, 0.25) is 5.91 Å². The molecule has 5 heteroatoms. The summed E-state index contributed by atoms with van der Waals surface area (Å²) in [6.45, 7) is 0. The number of halogens is 3. The summed E-state index contributed by atoms with van der Waals surface area (Å²) in [5, 5.41) is 2.09. The number of hydrogen-bond donors (Lipinski definition) is 1. The first-order valence-corrected chi connectivity index (χ1v) is 5.35. The van der Waals surface area contributed by atoms with Crippen LogP contribution in [0.25, 0.3) is 0 Å². The highest BCUT2D eigenvalue weighted by Gasteiger charge is 2.64. The Balaban J connectivity index is 1.95. The van der Waals surface area contributed by atoms with E-state index in [0.29, 0.717) is 5.56 Å². The summed E-state index contributed by atoms with van der Waals surface area (Å²) in [6.07, 6.45) is -4.40. The average Bonchev–Trinajstić information content (AvgIpc) is 2.99. The van der Waals surface area contributed by atoms with E-state index in [1.165, 1.54) is 0 Å². The van der Waals surface area contributed by atoms with Gasteiger partial charge < -0.3 is 5.32 Å². The average molecular weight is 243 g/mol. The molecule has 17 heavy (non-hydrogen) atoms. The minimum Gasteiger partial charge on any atom is -0.342 e. The zero-order valence-corrected chi connectivity index (χ0v) is 9.05. The number of nitrogens with one attached hydrogen (secondary N) is 1. The van der Waals surface area contributed by atoms with Crippen molar-refractivity contribution >= 4 is 5.91 Å². The first-order chi connectivity index (χ1) is 7.93. The van der Waals surface area contributed by atoms with Crippen molar-refractivity contribution in [2.45, 2.75) is 31.0 Å². The predicted octanol–water partition coefficient (Wildman–Crippen LogP) is 2.44. The van der Waals surface area contributed by atoms with Gasteiger partial charge in [-0.25, -0.2) is 0 Å². The van der Waals surface area contributed by atoms with Crippen LogP contribution in [0, 0.1) is 0 Å². The van der Waals surface area contributed by atoms with Crippen molar-refractivity contribution in [3.63, 3.8) is 0 Å². The standard InChI is InChI=1S/C12H12F3NO/c13-12(14,15)11(6-7-11)16-10(17)8-9-4-2-1-3-5-9/h1-5H,6-8H2,(H,16,17). The lowest BCUT2D eigenvalue weighted by Crippen LogP contribution is -2.48. The molecule has 2 rings (SSSR count). The largest absolute Gasteiger partial charge is 0.411 e. The third-order valence-corrected chi connectivity index (χ3v) is 2.88. The topological polar surface area (TPSA) is 29.1 Å². The summed E-state index contributed by atoms with van der Waals surface area (Å²) < 4.78 is 37.7. The Labute approximate surface area is 96.8 Å². The predicted molar refractivity (Wildman–Crippen MR) is 56.3 cm³/mol. The van der Waals surface area contributed by atoms with Gasteiger partial charge in [0.1, 0.15) is 5.54 Å². The second-order valence-corrected chi connectivity index (χ2v) is 4.29. The zero-order chi connectivity index (χ0) is 12.5. The Hall–Kier alpha value is -1.52. The van der Waals surface area contributed by atoms with Crippen LogP contribution in [0.1, 0.15) is 18.4 Å². The van der Waals surface area contributed by atoms with E-state index in [1.54, 1.807) is 30.3 Å². The summed E-state index contributed by atoms with van der Waals surface area (Å²) in [7, 11) is 0. The third kappa shape index (κ3) is 2.60. The summed E-state index contributed by atoms with van der Waals surface area (Å²) in [5.74, 6) is -0.578. The lowest BCUT2D eigenvalue weighted by Gasteiger charge is -2.20. The van der Waals surface area contributed by atoms with Gasteiger partial charge in [-0.1, -0.05) is 30.3 Å². The molecule has 0 heterocycles.